The summed E-state index contributed by atoms with van der Waals surface area (Å²) in [5.41, 5.74) is 6.40. The van der Waals surface area contributed by atoms with Gasteiger partial charge in [-0.2, -0.15) is 0 Å². The molecule has 1 heterocycles. The maximum absolute atomic E-state index is 11.9. The quantitative estimate of drug-likeness (QED) is 0.227. The lowest BCUT2D eigenvalue weighted by atomic mass is 10.1. The van der Waals surface area contributed by atoms with E-state index in [9.17, 15) is 14.9 Å². The van der Waals surface area contributed by atoms with Crippen LogP contribution in [0.25, 0.3) is 5.69 Å². The van der Waals surface area contributed by atoms with Crippen LogP contribution in [-0.2, 0) is 4.74 Å². The second kappa shape index (κ2) is 8.95. The van der Waals surface area contributed by atoms with E-state index in [1.807, 2.05) is 45.0 Å². The van der Waals surface area contributed by atoms with E-state index in [0.717, 1.165) is 28.2 Å². The lowest BCUT2D eigenvalue weighted by Gasteiger charge is -2.10. The summed E-state index contributed by atoms with van der Waals surface area (Å²) >= 11 is 0. The molecule has 2 aromatic carbocycles. The van der Waals surface area contributed by atoms with Crippen molar-refractivity contribution in [1.29, 1.82) is 0 Å². The van der Waals surface area contributed by atoms with Gasteiger partial charge in [-0.05, 0) is 76.6 Å². The summed E-state index contributed by atoms with van der Waals surface area (Å²) < 4.78 is 7.10. The van der Waals surface area contributed by atoms with E-state index in [-0.39, 0.29) is 16.6 Å². The van der Waals surface area contributed by atoms with Gasteiger partial charge in [-0.15, -0.1) is 0 Å². The monoisotopic (exact) mass is 419 g/mol. The van der Waals surface area contributed by atoms with E-state index >= 15 is 0 Å². The largest absolute Gasteiger partial charge is 0.462 e. The number of carbonyl (C=O) groups is 1. The van der Waals surface area contributed by atoms with Gasteiger partial charge in [-0.25, -0.2) is 4.79 Å². The topological polar surface area (TPSA) is 86.7 Å². The standard InChI is InChI=1S/C24H25N3O4/c1-6-31-24(28)19-7-9-22(10-8-19)26-16(3)12-20(18(26)5)14-25-21-11-15(2)17(4)23(13-21)27(29)30/h7-14H,6H2,1-5H3. The van der Waals surface area contributed by atoms with Gasteiger partial charge in [0.05, 0.1) is 22.8 Å². The molecule has 1 aromatic heterocycles. The molecule has 3 rings (SSSR count). The Balaban J connectivity index is 1.92. The Morgan fingerprint density at radius 1 is 1.13 bits per heavy atom. The summed E-state index contributed by atoms with van der Waals surface area (Å²) in [4.78, 5) is 27.3. The van der Waals surface area contributed by atoms with Gasteiger partial charge < -0.3 is 9.30 Å². The molecule has 0 atom stereocenters. The maximum atomic E-state index is 11.9. The second-order valence-corrected chi connectivity index (χ2v) is 7.35. The normalized spacial score (nSPS) is 11.1. The highest BCUT2D eigenvalue weighted by Crippen LogP contribution is 2.28. The van der Waals surface area contributed by atoms with Crippen molar-refractivity contribution < 1.29 is 14.5 Å². The van der Waals surface area contributed by atoms with Crippen LogP contribution in [0.15, 0.2) is 47.5 Å². The molecule has 0 saturated carbocycles. The van der Waals surface area contributed by atoms with Gasteiger partial charge in [0.2, 0.25) is 0 Å². The SMILES string of the molecule is CCOC(=O)c1ccc(-n2c(C)cc(C=Nc3cc(C)c(C)c([N+](=O)[O-])c3)c2C)cc1. The smallest absolute Gasteiger partial charge is 0.338 e. The number of aryl methyl sites for hydroxylation is 2. The molecule has 0 aliphatic rings. The van der Waals surface area contributed by atoms with Crippen molar-refractivity contribution in [2.24, 2.45) is 4.99 Å². The summed E-state index contributed by atoms with van der Waals surface area (Å²) in [7, 11) is 0. The van der Waals surface area contributed by atoms with Crippen LogP contribution in [0.4, 0.5) is 11.4 Å². The number of nitrogens with zero attached hydrogens (tertiary/aromatic N) is 3. The van der Waals surface area contributed by atoms with Crippen molar-refractivity contribution >= 4 is 23.6 Å². The number of esters is 1. The van der Waals surface area contributed by atoms with Gasteiger partial charge >= 0.3 is 5.97 Å². The number of hydrogen-bond donors (Lipinski definition) is 0. The van der Waals surface area contributed by atoms with Crippen molar-refractivity contribution in [2.45, 2.75) is 34.6 Å². The Morgan fingerprint density at radius 3 is 2.42 bits per heavy atom. The summed E-state index contributed by atoms with van der Waals surface area (Å²) in [5.74, 6) is -0.342. The Morgan fingerprint density at radius 2 is 1.81 bits per heavy atom. The van der Waals surface area contributed by atoms with Crippen molar-refractivity contribution in [3.8, 4) is 5.69 Å². The number of rotatable bonds is 6. The first kappa shape index (κ1) is 22.0. The van der Waals surface area contributed by atoms with Crippen molar-refractivity contribution in [3.63, 3.8) is 0 Å². The Labute approximate surface area is 181 Å². The molecule has 0 aliphatic carbocycles. The minimum Gasteiger partial charge on any atom is -0.462 e. The number of aromatic nitrogens is 1. The molecule has 3 aromatic rings. The van der Waals surface area contributed by atoms with E-state index in [1.54, 1.807) is 32.2 Å². The molecule has 7 nitrogen and oxygen atoms in total. The zero-order valence-electron chi connectivity index (χ0n) is 18.3. The average molecular weight is 419 g/mol. The van der Waals surface area contributed by atoms with Crippen LogP contribution >= 0.6 is 0 Å². The predicted octanol–water partition coefficient (Wildman–Crippen LogP) is 5.55. The van der Waals surface area contributed by atoms with Crippen LogP contribution in [0.1, 0.15) is 45.4 Å². The highest BCUT2D eigenvalue weighted by atomic mass is 16.6. The van der Waals surface area contributed by atoms with Crippen LogP contribution in [0.5, 0.6) is 0 Å². The number of ether oxygens (including phenoxy) is 1. The number of carbonyl (C=O) groups excluding carboxylic acids is 1. The third kappa shape index (κ3) is 4.55. The average Bonchev–Trinajstić information content (AvgIpc) is 3.02. The molecule has 0 unspecified atom stereocenters. The second-order valence-electron chi connectivity index (χ2n) is 7.35. The van der Waals surface area contributed by atoms with Gasteiger partial charge in [0.1, 0.15) is 0 Å². The third-order valence-corrected chi connectivity index (χ3v) is 5.28. The number of hydrogen-bond acceptors (Lipinski definition) is 5. The number of nitro benzene ring substituents is 1. The van der Waals surface area contributed by atoms with Crippen LogP contribution in [0, 0.1) is 37.8 Å². The molecule has 160 valence electrons. The zero-order chi connectivity index (χ0) is 22.7. The number of nitro groups is 1. The van der Waals surface area contributed by atoms with E-state index in [1.165, 1.54) is 6.07 Å². The Kier molecular flexibility index (Phi) is 6.34. The first-order chi connectivity index (χ1) is 14.7. The Bertz CT molecular complexity index is 1170. The molecule has 31 heavy (non-hydrogen) atoms. The minimum atomic E-state index is -0.382. The number of aliphatic imine (C=N–C) groups is 1. The number of benzene rings is 2. The van der Waals surface area contributed by atoms with Gasteiger partial charge in [0.25, 0.3) is 5.69 Å². The highest BCUT2D eigenvalue weighted by molar-refractivity contribution is 5.89. The molecule has 0 saturated heterocycles. The molecule has 0 amide bonds. The van der Waals surface area contributed by atoms with Crippen LogP contribution in [-0.4, -0.2) is 28.3 Å². The van der Waals surface area contributed by atoms with Crippen LogP contribution in [0.2, 0.25) is 0 Å². The molecule has 0 fully saturated rings. The fraction of sp³-hybridized carbons (Fsp3) is 0.250. The minimum absolute atomic E-state index is 0.0688. The van der Waals surface area contributed by atoms with Gasteiger partial charge in [0.15, 0.2) is 0 Å². The maximum Gasteiger partial charge on any atom is 0.338 e. The van der Waals surface area contributed by atoms with E-state index < -0.39 is 0 Å². The summed E-state index contributed by atoms with van der Waals surface area (Å²) in [5, 5.41) is 11.3. The zero-order valence-corrected chi connectivity index (χ0v) is 18.3. The first-order valence-corrected chi connectivity index (χ1v) is 9.99. The van der Waals surface area contributed by atoms with Gasteiger partial charge in [0, 0.05) is 40.5 Å². The fourth-order valence-electron chi connectivity index (χ4n) is 3.51. The third-order valence-electron chi connectivity index (χ3n) is 5.28. The van der Waals surface area contributed by atoms with E-state index in [0.29, 0.717) is 23.4 Å². The predicted molar refractivity (Wildman–Crippen MR) is 121 cm³/mol. The lowest BCUT2D eigenvalue weighted by molar-refractivity contribution is -0.385. The summed E-state index contributed by atoms with van der Waals surface area (Å²) in [6.45, 7) is 9.66. The summed E-state index contributed by atoms with van der Waals surface area (Å²) in [6.07, 6.45) is 1.72. The van der Waals surface area contributed by atoms with E-state index in [4.69, 9.17) is 4.74 Å². The summed E-state index contributed by atoms with van der Waals surface area (Å²) in [6, 6.07) is 12.6. The molecule has 0 aliphatic heterocycles. The highest BCUT2D eigenvalue weighted by Gasteiger charge is 2.14. The lowest BCUT2D eigenvalue weighted by Crippen LogP contribution is -2.05. The molecular weight excluding hydrogens is 394 g/mol. The molecule has 0 N–H and O–H groups in total. The van der Waals surface area contributed by atoms with Gasteiger partial charge in [-0.1, -0.05) is 0 Å². The molecule has 7 heteroatoms. The molecule has 0 bridgehead atoms. The van der Waals surface area contributed by atoms with Crippen molar-refractivity contribution in [2.75, 3.05) is 6.61 Å². The van der Waals surface area contributed by atoms with Gasteiger partial charge in [-0.3, -0.25) is 15.1 Å². The van der Waals surface area contributed by atoms with Crippen LogP contribution < -0.4 is 0 Å². The van der Waals surface area contributed by atoms with Crippen molar-refractivity contribution in [1.82, 2.24) is 4.57 Å². The van der Waals surface area contributed by atoms with Crippen molar-refractivity contribution in [3.05, 3.63) is 86.2 Å². The van der Waals surface area contributed by atoms with Crippen LogP contribution in [0.3, 0.4) is 0 Å². The molecule has 0 radical (unpaired) electrons. The molecular formula is C24H25N3O4. The fourth-order valence-corrected chi connectivity index (χ4v) is 3.51. The first-order valence-electron chi connectivity index (χ1n) is 9.99. The van der Waals surface area contributed by atoms with E-state index in [2.05, 4.69) is 9.56 Å². The molecule has 0 spiro atoms. The Hall–Kier alpha value is -3.74.